The van der Waals surface area contributed by atoms with E-state index in [-0.39, 0.29) is 24.7 Å². The van der Waals surface area contributed by atoms with Crippen LogP contribution in [-0.4, -0.2) is 36.9 Å². The first kappa shape index (κ1) is 19.2. The Hall–Kier alpha value is -2.15. The molecule has 2 aromatic carbocycles. The monoisotopic (exact) mass is 383 g/mol. The molecule has 0 atom stereocenters. The van der Waals surface area contributed by atoms with E-state index < -0.39 is 11.7 Å². The zero-order chi connectivity index (χ0) is 18.4. The second-order valence-electron chi connectivity index (χ2n) is 5.40. The Morgan fingerprint density at radius 1 is 0.960 bits per heavy atom. The number of amides is 2. The van der Waals surface area contributed by atoms with Crippen LogP contribution in [0, 0.1) is 5.82 Å². The number of nitrogens with one attached hydrogen (secondary N) is 2. The second kappa shape index (κ2) is 8.80. The van der Waals surface area contributed by atoms with E-state index in [4.69, 9.17) is 23.2 Å². The fraction of sp³-hybridized carbons (Fsp3) is 0.176. The van der Waals surface area contributed by atoms with Gasteiger partial charge < -0.3 is 10.6 Å². The molecule has 0 heterocycles. The molecule has 0 aliphatic rings. The van der Waals surface area contributed by atoms with Crippen molar-refractivity contribution in [2.75, 3.05) is 30.8 Å². The van der Waals surface area contributed by atoms with Crippen LogP contribution < -0.4 is 10.6 Å². The number of benzene rings is 2. The molecule has 2 rings (SSSR count). The normalized spacial score (nSPS) is 10.6. The molecular weight excluding hydrogens is 368 g/mol. The highest BCUT2D eigenvalue weighted by Gasteiger charge is 2.13. The van der Waals surface area contributed by atoms with E-state index in [2.05, 4.69) is 10.6 Å². The number of halogens is 3. The van der Waals surface area contributed by atoms with Crippen molar-refractivity contribution < 1.29 is 14.0 Å². The number of carbonyl (C=O) groups excluding carboxylic acids is 2. The van der Waals surface area contributed by atoms with Crippen LogP contribution in [0.25, 0.3) is 0 Å². The van der Waals surface area contributed by atoms with Gasteiger partial charge in [-0.25, -0.2) is 4.39 Å². The molecular formula is C17H16Cl2FN3O2. The molecule has 0 bridgehead atoms. The summed E-state index contributed by atoms with van der Waals surface area (Å²) in [6.07, 6.45) is 0. The van der Waals surface area contributed by atoms with Crippen molar-refractivity contribution in [2.45, 2.75) is 0 Å². The minimum atomic E-state index is -0.583. The Morgan fingerprint density at radius 2 is 1.52 bits per heavy atom. The summed E-state index contributed by atoms with van der Waals surface area (Å²) in [7, 11) is 1.61. The quantitative estimate of drug-likeness (QED) is 0.800. The standard InChI is InChI=1S/C17H16Cl2FN3O2/c1-23(9-16(24)21-13-5-2-11(18)3-6-13)10-17(25)22-15-8-12(19)4-7-14(15)20/h2-8H,9-10H2,1H3,(H,21,24)(H,22,25). The molecule has 2 aromatic rings. The predicted molar refractivity (Wildman–Crippen MR) is 97.6 cm³/mol. The summed E-state index contributed by atoms with van der Waals surface area (Å²) in [5, 5.41) is 6.00. The molecule has 25 heavy (non-hydrogen) atoms. The van der Waals surface area contributed by atoms with Gasteiger partial charge in [0.05, 0.1) is 18.8 Å². The van der Waals surface area contributed by atoms with Gasteiger partial charge in [-0.2, -0.15) is 0 Å². The minimum absolute atomic E-state index is 0.00323. The van der Waals surface area contributed by atoms with Gasteiger partial charge in [0.1, 0.15) is 5.82 Å². The number of nitrogens with zero attached hydrogens (tertiary/aromatic N) is 1. The third kappa shape index (κ3) is 6.34. The smallest absolute Gasteiger partial charge is 0.238 e. The number of hydrogen-bond acceptors (Lipinski definition) is 3. The largest absolute Gasteiger partial charge is 0.325 e. The van der Waals surface area contributed by atoms with Crippen molar-refractivity contribution in [3.05, 3.63) is 58.3 Å². The van der Waals surface area contributed by atoms with Crippen molar-refractivity contribution in [1.29, 1.82) is 0 Å². The van der Waals surface area contributed by atoms with E-state index in [0.29, 0.717) is 15.7 Å². The van der Waals surface area contributed by atoms with Crippen molar-refractivity contribution >= 4 is 46.4 Å². The Morgan fingerprint density at radius 3 is 2.16 bits per heavy atom. The lowest BCUT2D eigenvalue weighted by Gasteiger charge is -2.16. The van der Waals surface area contributed by atoms with Gasteiger partial charge >= 0.3 is 0 Å². The van der Waals surface area contributed by atoms with Crippen molar-refractivity contribution in [3.63, 3.8) is 0 Å². The SMILES string of the molecule is CN(CC(=O)Nc1ccc(Cl)cc1)CC(=O)Nc1cc(Cl)ccc1F. The second-order valence-corrected chi connectivity index (χ2v) is 6.27. The van der Waals surface area contributed by atoms with E-state index in [1.807, 2.05) is 0 Å². The lowest BCUT2D eigenvalue weighted by molar-refractivity contribution is -0.119. The maximum Gasteiger partial charge on any atom is 0.238 e. The van der Waals surface area contributed by atoms with Crippen LogP contribution in [-0.2, 0) is 9.59 Å². The number of anilines is 2. The molecule has 132 valence electrons. The molecule has 0 spiro atoms. The zero-order valence-corrected chi connectivity index (χ0v) is 14.9. The van der Waals surface area contributed by atoms with Crippen molar-refractivity contribution in [1.82, 2.24) is 4.90 Å². The lowest BCUT2D eigenvalue weighted by Crippen LogP contribution is -2.36. The number of likely N-dealkylation sites (N-methyl/N-ethyl adjacent to an activating group) is 1. The summed E-state index contributed by atoms with van der Waals surface area (Å²) in [4.78, 5) is 25.4. The van der Waals surface area contributed by atoms with Crippen LogP contribution in [0.5, 0.6) is 0 Å². The van der Waals surface area contributed by atoms with E-state index in [0.717, 1.165) is 0 Å². The summed E-state index contributed by atoms with van der Waals surface area (Å²) in [5.74, 6) is -1.32. The Kier molecular flexibility index (Phi) is 6.75. The molecule has 0 radical (unpaired) electrons. The molecule has 2 amide bonds. The number of hydrogen-bond donors (Lipinski definition) is 2. The van der Waals surface area contributed by atoms with Gasteiger partial charge in [0, 0.05) is 15.7 Å². The first-order chi connectivity index (χ1) is 11.8. The van der Waals surface area contributed by atoms with Gasteiger partial charge in [0.25, 0.3) is 0 Å². The fourth-order valence-corrected chi connectivity index (χ4v) is 2.36. The number of rotatable bonds is 6. The summed E-state index contributed by atoms with van der Waals surface area (Å²) < 4.78 is 13.6. The fourth-order valence-electron chi connectivity index (χ4n) is 2.06. The van der Waals surface area contributed by atoms with Crippen LogP contribution in [0.4, 0.5) is 15.8 Å². The molecule has 0 aliphatic heterocycles. The van der Waals surface area contributed by atoms with Gasteiger partial charge in [-0.3, -0.25) is 14.5 Å². The van der Waals surface area contributed by atoms with Crippen LogP contribution in [0.1, 0.15) is 0 Å². The van der Waals surface area contributed by atoms with E-state index in [9.17, 15) is 14.0 Å². The van der Waals surface area contributed by atoms with Crippen LogP contribution in [0.2, 0.25) is 10.0 Å². The Labute approximate surface area is 154 Å². The van der Waals surface area contributed by atoms with Crippen LogP contribution in [0.3, 0.4) is 0 Å². The molecule has 8 heteroatoms. The van der Waals surface area contributed by atoms with E-state index >= 15 is 0 Å². The first-order valence-corrected chi connectivity index (χ1v) is 8.08. The molecule has 0 aromatic heterocycles. The molecule has 0 saturated carbocycles. The maximum absolute atomic E-state index is 13.6. The predicted octanol–water partition coefficient (Wildman–Crippen LogP) is 3.64. The molecule has 0 unspecified atom stereocenters. The number of carbonyl (C=O) groups is 2. The highest BCUT2D eigenvalue weighted by Crippen LogP contribution is 2.19. The summed E-state index contributed by atoms with van der Waals surface area (Å²) in [5.41, 5.74) is 0.602. The van der Waals surface area contributed by atoms with Gasteiger partial charge in [0.2, 0.25) is 11.8 Å². The average Bonchev–Trinajstić information content (AvgIpc) is 2.52. The maximum atomic E-state index is 13.6. The van der Waals surface area contributed by atoms with Gasteiger partial charge in [-0.1, -0.05) is 23.2 Å². The van der Waals surface area contributed by atoms with Crippen LogP contribution in [0.15, 0.2) is 42.5 Å². The molecule has 0 saturated heterocycles. The summed E-state index contributed by atoms with van der Waals surface area (Å²) in [6, 6.07) is 10.6. The van der Waals surface area contributed by atoms with Crippen LogP contribution >= 0.6 is 23.2 Å². The zero-order valence-electron chi connectivity index (χ0n) is 13.4. The van der Waals surface area contributed by atoms with Crippen molar-refractivity contribution in [3.8, 4) is 0 Å². The third-order valence-electron chi connectivity index (χ3n) is 3.16. The van der Waals surface area contributed by atoms with Crippen molar-refractivity contribution in [2.24, 2.45) is 0 Å². The molecule has 0 fully saturated rings. The third-order valence-corrected chi connectivity index (χ3v) is 3.64. The summed E-state index contributed by atoms with van der Waals surface area (Å²) >= 11 is 11.5. The topological polar surface area (TPSA) is 61.4 Å². The molecule has 5 nitrogen and oxygen atoms in total. The highest BCUT2D eigenvalue weighted by atomic mass is 35.5. The van der Waals surface area contributed by atoms with Gasteiger partial charge in [-0.15, -0.1) is 0 Å². The lowest BCUT2D eigenvalue weighted by atomic mass is 10.3. The average molecular weight is 384 g/mol. The Balaban J connectivity index is 1.83. The van der Waals surface area contributed by atoms with E-state index in [1.165, 1.54) is 23.1 Å². The van der Waals surface area contributed by atoms with Gasteiger partial charge in [-0.05, 0) is 49.5 Å². The molecule has 2 N–H and O–H groups in total. The first-order valence-electron chi connectivity index (χ1n) is 7.32. The summed E-state index contributed by atoms with van der Waals surface area (Å²) in [6.45, 7) is -0.0892. The minimum Gasteiger partial charge on any atom is -0.325 e. The molecule has 0 aliphatic carbocycles. The Bertz CT molecular complexity index is 769. The highest BCUT2D eigenvalue weighted by molar-refractivity contribution is 6.31. The van der Waals surface area contributed by atoms with E-state index in [1.54, 1.807) is 31.3 Å². The van der Waals surface area contributed by atoms with Gasteiger partial charge in [0.15, 0.2) is 0 Å².